The summed E-state index contributed by atoms with van der Waals surface area (Å²) < 4.78 is 0.972. The molecule has 2 aliphatic rings. The predicted molar refractivity (Wildman–Crippen MR) is 74.6 cm³/mol. The maximum atomic E-state index is 2.72. The van der Waals surface area contributed by atoms with E-state index in [9.17, 15) is 0 Å². The Morgan fingerprint density at radius 2 is 1.60 bits per heavy atom. The molecule has 0 radical (unpaired) electrons. The van der Waals surface area contributed by atoms with Gasteiger partial charge in [0.05, 0.1) is 0 Å². The molecule has 1 aliphatic carbocycles. The highest BCUT2D eigenvalue weighted by molar-refractivity contribution is 14.1. The van der Waals surface area contributed by atoms with Gasteiger partial charge in [-0.2, -0.15) is 0 Å². The molecule has 0 bridgehead atoms. The minimum absolute atomic E-state index is 0.972. The van der Waals surface area contributed by atoms with E-state index in [2.05, 4.69) is 34.4 Å². The van der Waals surface area contributed by atoms with Crippen LogP contribution in [0.5, 0.6) is 0 Å². The number of hydrogen-bond acceptors (Lipinski definition) is 1. The molecule has 2 rings (SSSR count). The molecular formula is C13H24IN. The number of alkyl halides is 1. The van der Waals surface area contributed by atoms with Gasteiger partial charge in [-0.25, -0.2) is 0 Å². The van der Waals surface area contributed by atoms with Crippen LogP contribution >= 0.6 is 22.6 Å². The molecule has 1 heterocycles. The van der Waals surface area contributed by atoms with E-state index in [1.807, 2.05) is 0 Å². The molecule has 0 spiro atoms. The van der Waals surface area contributed by atoms with Crippen molar-refractivity contribution in [3.8, 4) is 0 Å². The summed E-state index contributed by atoms with van der Waals surface area (Å²) in [6.45, 7) is 6.53. The van der Waals surface area contributed by atoms with Gasteiger partial charge in [-0.15, -0.1) is 0 Å². The highest BCUT2D eigenvalue weighted by Gasteiger charge is 2.23. The molecule has 0 aromatic carbocycles. The topological polar surface area (TPSA) is 3.24 Å². The van der Waals surface area contributed by atoms with Crippen LogP contribution in [0.4, 0.5) is 0 Å². The standard InChI is InChI=1S/C13H24IN/c1-11-6-8-15(9-7-11)10-12-2-4-13(14)5-3-12/h11-13H,2-10H2,1H3. The fraction of sp³-hybridized carbons (Fsp3) is 1.00. The van der Waals surface area contributed by atoms with Crippen molar-refractivity contribution in [2.75, 3.05) is 19.6 Å². The second kappa shape index (κ2) is 5.85. The molecule has 0 amide bonds. The Morgan fingerprint density at radius 3 is 2.20 bits per heavy atom. The van der Waals surface area contributed by atoms with E-state index in [4.69, 9.17) is 0 Å². The molecule has 0 aromatic rings. The Bertz CT molecular complexity index is 159. The van der Waals surface area contributed by atoms with Crippen molar-refractivity contribution in [2.24, 2.45) is 11.8 Å². The largest absolute Gasteiger partial charge is 0.303 e. The molecule has 2 heteroatoms. The molecule has 0 N–H and O–H groups in total. The number of piperidine rings is 1. The van der Waals surface area contributed by atoms with Crippen molar-refractivity contribution >= 4 is 22.6 Å². The Morgan fingerprint density at radius 1 is 1.00 bits per heavy atom. The lowest BCUT2D eigenvalue weighted by Crippen LogP contribution is -2.37. The van der Waals surface area contributed by atoms with E-state index in [0.717, 1.165) is 15.8 Å². The molecule has 1 saturated heterocycles. The molecule has 0 aromatic heterocycles. The molecule has 1 saturated carbocycles. The van der Waals surface area contributed by atoms with Crippen molar-refractivity contribution in [2.45, 2.75) is 49.4 Å². The maximum Gasteiger partial charge on any atom is 0.0110 e. The lowest BCUT2D eigenvalue weighted by Gasteiger charge is -2.35. The monoisotopic (exact) mass is 321 g/mol. The number of rotatable bonds is 2. The van der Waals surface area contributed by atoms with Crippen LogP contribution in [0, 0.1) is 11.8 Å². The molecule has 0 unspecified atom stereocenters. The van der Waals surface area contributed by atoms with Crippen molar-refractivity contribution in [1.29, 1.82) is 0 Å². The van der Waals surface area contributed by atoms with E-state index in [-0.39, 0.29) is 0 Å². The fourth-order valence-corrected chi connectivity index (χ4v) is 3.63. The highest BCUT2D eigenvalue weighted by Crippen LogP contribution is 2.30. The number of likely N-dealkylation sites (tertiary alicyclic amines) is 1. The van der Waals surface area contributed by atoms with E-state index in [0.29, 0.717) is 0 Å². The van der Waals surface area contributed by atoms with Crippen LogP contribution in [0.2, 0.25) is 0 Å². The lowest BCUT2D eigenvalue weighted by atomic mass is 9.88. The first-order chi connectivity index (χ1) is 7.24. The van der Waals surface area contributed by atoms with Crippen molar-refractivity contribution in [1.82, 2.24) is 4.90 Å². The summed E-state index contributed by atoms with van der Waals surface area (Å²) >= 11 is 2.63. The number of hydrogen-bond donors (Lipinski definition) is 0. The number of halogens is 1. The Labute approximate surface area is 108 Å². The summed E-state index contributed by atoms with van der Waals surface area (Å²) in [5.74, 6) is 2.00. The van der Waals surface area contributed by atoms with Gasteiger partial charge in [-0.3, -0.25) is 0 Å². The van der Waals surface area contributed by atoms with Crippen LogP contribution in [0.15, 0.2) is 0 Å². The van der Waals surface area contributed by atoms with Gasteiger partial charge < -0.3 is 4.90 Å². The van der Waals surface area contributed by atoms with Gasteiger partial charge >= 0.3 is 0 Å². The summed E-state index contributed by atoms with van der Waals surface area (Å²) in [6.07, 6.45) is 8.77. The third-order valence-corrected chi connectivity index (χ3v) is 5.41. The second-order valence-electron chi connectivity index (χ2n) is 5.60. The van der Waals surface area contributed by atoms with Gasteiger partial charge in [0.25, 0.3) is 0 Å². The molecule has 2 fully saturated rings. The smallest absolute Gasteiger partial charge is 0.0110 e. The zero-order valence-corrected chi connectivity index (χ0v) is 12.1. The Kier molecular flexibility index (Phi) is 4.74. The maximum absolute atomic E-state index is 2.72. The first-order valence-corrected chi connectivity index (χ1v) is 7.85. The van der Waals surface area contributed by atoms with Crippen LogP contribution in [0.3, 0.4) is 0 Å². The first kappa shape index (κ1) is 12.2. The zero-order chi connectivity index (χ0) is 10.7. The van der Waals surface area contributed by atoms with Crippen molar-refractivity contribution in [3.05, 3.63) is 0 Å². The second-order valence-corrected chi connectivity index (χ2v) is 7.36. The summed E-state index contributed by atoms with van der Waals surface area (Å²) in [7, 11) is 0. The van der Waals surface area contributed by atoms with Crippen molar-refractivity contribution < 1.29 is 0 Å². The van der Waals surface area contributed by atoms with E-state index < -0.39 is 0 Å². The van der Waals surface area contributed by atoms with Crippen LogP contribution in [-0.2, 0) is 0 Å². The van der Waals surface area contributed by atoms with Gasteiger partial charge in [0.2, 0.25) is 0 Å². The number of nitrogens with zero attached hydrogens (tertiary/aromatic N) is 1. The SMILES string of the molecule is CC1CCN(CC2CCC(I)CC2)CC1. The van der Waals surface area contributed by atoms with E-state index in [1.165, 1.54) is 58.2 Å². The molecule has 0 atom stereocenters. The molecule has 88 valence electrons. The first-order valence-electron chi connectivity index (χ1n) is 6.60. The van der Waals surface area contributed by atoms with Gasteiger partial charge in [-0.1, -0.05) is 29.5 Å². The van der Waals surface area contributed by atoms with Crippen LogP contribution in [0.1, 0.15) is 45.4 Å². The summed E-state index contributed by atoms with van der Waals surface area (Å²) in [6, 6.07) is 0. The fourth-order valence-electron chi connectivity index (χ4n) is 2.91. The van der Waals surface area contributed by atoms with Gasteiger partial charge in [0.15, 0.2) is 0 Å². The quantitative estimate of drug-likeness (QED) is 0.553. The van der Waals surface area contributed by atoms with Gasteiger partial charge in [0, 0.05) is 10.5 Å². The average molecular weight is 321 g/mol. The molecule has 1 nitrogen and oxygen atoms in total. The Balaban J connectivity index is 1.68. The third-order valence-electron chi connectivity index (χ3n) is 4.17. The minimum atomic E-state index is 0.972. The van der Waals surface area contributed by atoms with Crippen LogP contribution < -0.4 is 0 Å². The molecule has 15 heavy (non-hydrogen) atoms. The highest BCUT2D eigenvalue weighted by atomic mass is 127. The average Bonchev–Trinajstić information content (AvgIpc) is 2.25. The van der Waals surface area contributed by atoms with Gasteiger partial charge in [0.1, 0.15) is 0 Å². The van der Waals surface area contributed by atoms with Gasteiger partial charge in [-0.05, 0) is 63.5 Å². The third kappa shape index (κ3) is 3.88. The summed E-state index contributed by atoms with van der Waals surface area (Å²) in [4.78, 5) is 2.72. The molecular weight excluding hydrogens is 297 g/mol. The van der Waals surface area contributed by atoms with E-state index in [1.54, 1.807) is 0 Å². The normalized spacial score (nSPS) is 35.6. The zero-order valence-electron chi connectivity index (χ0n) is 9.92. The van der Waals surface area contributed by atoms with Crippen LogP contribution in [0.25, 0.3) is 0 Å². The summed E-state index contributed by atoms with van der Waals surface area (Å²) in [5, 5.41) is 0. The van der Waals surface area contributed by atoms with Crippen LogP contribution in [-0.4, -0.2) is 28.5 Å². The lowest BCUT2D eigenvalue weighted by molar-refractivity contribution is 0.152. The summed E-state index contributed by atoms with van der Waals surface area (Å²) in [5.41, 5.74) is 0. The van der Waals surface area contributed by atoms with Crippen molar-refractivity contribution in [3.63, 3.8) is 0 Å². The predicted octanol–water partition coefficient (Wildman–Crippen LogP) is 3.71. The van der Waals surface area contributed by atoms with E-state index >= 15 is 0 Å². The minimum Gasteiger partial charge on any atom is -0.303 e. The Hall–Kier alpha value is 0.690. The molecule has 1 aliphatic heterocycles.